The third-order valence-corrected chi connectivity index (χ3v) is 2.45. The van der Waals surface area contributed by atoms with Gasteiger partial charge in [-0.15, -0.1) is 11.3 Å². The molecule has 5 heteroatoms. The van der Waals surface area contributed by atoms with E-state index in [4.69, 9.17) is 11.5 Å². The Labute approximate surface area is 67.4 Å². The minimum atomic E-state index is -0.646. The van der Waals surface area contributed by atoms with Crippen molar-refractivity contribution in [1.82, 2.24) is 0 Å². The highest BCUT2D eigenvalue weighted by Crippen LogP contribution is 2.35. The monoisotopic (exact) mass is 172 g/mol. The lowest BCUT2D eigenvalue weighted by molar-refractivity contribution is 0.100. The van der Waals surface area contributed by atoms with Crippen molar-refractivity contribution in [2.24, 2.45) is 5.73 Å². The molecule has 0 atom stereocenters. The molecule has 1 aromatic heterocycles. The SMILES string of the molecule is Cc1sc(C(N)=O)c(O)c1N. The molecule has 1 rings (SSSR count). The van der Waals surface area contributed by atoms with E-state index in [9.17, 15) is 9.90 Å². The molecule has 0 aliphatic carbocycles. The molecule has 1 heterocycles. The van der Waals surface area contributed by atoms with E-state index in [2.05, 4.69) is 0 Å². The summed E-state index contributed by atoms with van der Waals surface area (Å²) in [7, 11) is 0. The summed E-state index contributed by atoms with van der Waals surface area (Å²) in [5.74, 6) is -0.840. The normalized spacial score (nSPS) is 9.91. The van der Waals surface area contributed by atoms with E-state index in [1.54, 1.807) is 6.92 Å². The van der Waals surface area contributed by atoms with Crippen LogP contribution < -0.4 is 11.5 Å². The fraction of sp³-hybridized carbons (Fsp3) is 0.167. The van der Waals surface area contributed by atoms with Gasteiger partial charge in [0.05, 0.1) is 5.69 Å². The number of hydrogen-bond acceptors (Lipinski definition) is 4. The van der Waals surface area contributed by atoms with Crippen molar-refractivity contribution in [3.63, 3.8) is 0 Å². The number of nitrogen functional groups attached to an aromatic ring is 1. The van der Waals surface area contributed by atoms with Crippen LogP contribution in [0.5, 0.6) is 5.75 Å². The Morgan fingerprint density at radius 1 is 1.64 bits per heavy atom. The average molecular weight is 172 g/mol. The fourth-order valence-corrected chi connectivity index (χ4v) is 1.53. The molecule has 4 nitrogen and oxygen atoms in total. The molecule has 0 unspecified atom stereocenters. The van der Waals surface area contributed by atoms with Crippen molar-refractivity contribution in [2.75, 3.05) is 5.73 Å². The van der Waals surface area contributed by atoms with Gasteiger partial charge in [0, 0.05) is 4.88 Å². The highest BCUT2D eigenvalue weighted by molar-refractivity contribution is 7.15. The minimum absolute atomic E-state index is 0.125. The Morgan fingerprint density at radius 3 is 2.36 bits per heavy atom. The molecule has 1 amide bonds. The molecule has 0 spiro atoms. The number of aryl methyl sites for hydroxylation is 1. The second-order valence-corrected chi connectivity index (χ2v) is 3.34. The van der Waals surface area contributed by atoms with Gasteiger partial charge >= 0.3 is 0 Å². The van der Waals surface area contributed by atoms with Crippen LogP contribution in [0.15, 0.2) is 0 Å². The quantitative estimate of drug-likeness (QED) is 0.574. The van der Waals surface area contributed by atoms with Crippen LogP contribution in [0.2, 0.25) is 0 Å². The second-order valence-electron chi connectivity index (χ2n) is 2.11. The van der Waals surface area contributed by atoms with Gasteiger partial charge in [-0.25, -0.2) is 0 Å². The molecule has 0 bridgehead atoms. The molecule has 0 saturated heterocycles. The number of nitrogens with two attached hydrogens (primary N) is 2. The predicted octanol–water partition coefficient (Wildman–Crippen LogP) is 0.443. The number of rotatable bonds is 1. The Hall–Kier alpha value is -1.23. The fourth-order valence-electron chi connectivity index (χ4n) is 0.712. The van der Waals surface area contributed by atoms with Crippen LogP contribution in [-0.4, -0.2) is 11.0 Å². The van der Waals surface area contributed by atoms with Gasteiger partial charge in [-0.1, -0.05) is 0 Å². The molecule has 0 radical (unpaired) electrons. The third kappa shape index (κ3) is 1.14. The molecule has 0 saturated carbocycles. The van der Waals surface area contributed by atoms with E-state index < -0.39 is 5.91 Å². The highest BCUT2D eigenvalue weighted by atomic mass is 32.1. The van der Waals surface area contributed by atoms with Gasteiger partial charge in [0.1, 0.15) is 4.88 Å². The number of hydrogen-bond donors (Lipinski definition) is 3. The van der Waals surface area contributed by atoms with Crippen molar-refractivity contribution >= 4 is 22.9 Å². The van der Waals surface area contributed by atoms with Crippen LogP contribution in [0.4, 0.5) is 5.69 Å². The molecule has 0 aromatic carbocycles. The maximum absolute atomic E-state index is 10.6. The van der Waals surface area contributed by atoms with Crippen molar-refractivity contribution in [3.05, 3.63) is 9.75 Å². The number of thiophene rings is 1. The summed E-state index contributed by atoms with van der Waals surface area (Å²) in [6, 6.07) is 0. The van der Waals surface area contributed by atoms with Crippen molar-refractivity contribution < 1.29 is 9.90 Å². The standard InChI is InChI=1S/C6H8N2O2S/c1-2-3(7)4(9)5(11-2)6(8)10/h9H,7H2,1H3,(H2,8,10). The van der Waals surface area contributed by atoms with Gasteiger partial charge in [0.15, 0.2) is 5.75 Å². The number of amides is 1. The first-order chi connectivity index (χ1) is 5.04. The summed E-state index contributed by atoms with van der Waals surface area (Å²) in [4.78, 5) is 11.4. The predicted molar refractivity (Wildman–Crippen MR) is 43.7 cm³/mol. The molecular formula is C6H8N2O2S. The Bertz CT molecular complexity index is 306. The summed E-state index contributed by atoms with van der Waals surface area (Å²) in [5, 5.41) is 9.17. The zero-order valence-corrected chi connectivity index (χ0v) is 6.73. The third-order valence-electron chi connectivity index (χ3n) is 1.33. The van der Waals surface area contributed by atoms with E-state index >= 15 is 0 Å². The summed E-state index contributed by atoms with van der Waals surface area (Å²) >= 11 is 1.10. The summed E-state index contributed by atoms with van der Waals surface area (Å²) in [6.45, 7) is 1.71. The largest absolute Gasteiger partial charge is 0.504 e. The smallest absolute Gasteiger partial charge is 0.262 e. The molecule has 0 aliphatic rings. The van der Waals surface area contributed by atoms with Crippen LogP contribution in [-0.2, 0) is 0 Å². The van der Waals surface area contributed by atoms with Gasteiger partial charge in [0.2, 0.25) is 0 Å². The Morgan fingerprint density at radius 2 is 2.18 bits per heavy atom. The van der Waals surface area contributed by atoms with Gasteiger partial charge in [-0.3, -0.25) is 4.79 Å². The summed E-state index contributed by atoms with van der Waals surface area (Å²) in [5.41, 5.74) is 10.6. The van der Waals surface area contributed by atoms with Crippen LogP contribution in [0, 0.1) is 6.92 Å². The van der Waals surface area contributed by atoms with E-state index in [-0.39, 0.29) is 16.3 Å². The number of carbonyl (C=O) groups is 1. The molecule has 0 aliphatic heterocycles. The van der Waals surface area contributed by atoms with Gasteiger partial charge in [-0.2, -0.15) is 0 Å². The molecular weight excluding hydrogens is 164 g/mol. The van der Waals surface area contributed by atoms with Crippen LogP contribution >= 0.6 is 11.3 Å². The lowest BCUT2D eigenvalue weighted by atomic mass is 10.3. The molecule has 0 fully saturated rings. The second kappa shape index (κ2) is 2.43. The number of aromatic hydroxyl groups is 1. The first-order valence-corrected chi connectivity index (χ1v) is 3.73. The van der Waals surface area contributed by atoms with Gasteiger partial charge < -0.3 is 16.6 Å². The first-order valence-electron chi connectivity index (χ1n) is 2.91. The van der Waals surface area contributed by atoms with Crippen LogP contribution in [0.25, 0.3) is 0 Å². The maximum Gasteiger partial charge on any atom is 0.262 e. The van der Waals surface area contributed by atoms with Gasteiger partial charge in [-0.05, 0) is 6.92 Å². The molecule has 5 N–H and O–H groups in total. The molecule has 11 heavy (non-hydrogen) atoms. The van der Waals surface area contributed by atoms with E-state index in [1.165, 1.54) is 0 Å². The number of primary amides is 1. The van der Waals surface area contributed by atoms with Crippen LogP contribution in [0.3, 0.4) is 0 Å². The zero-order valence-electron chi connectivity index (χ0n) is 5.92. The molecule has 60 valence electrons. The lowest BCUT2D eigenvalue weighted by Gasteiger charge is -1.90. The van der Waals surface area contributed by atoms with E-state index in [1.807, 2.05) is 0 Å². The Kier molecular flexibility index (Phi) is 1.74. The van der Waals surface area contributed by atoms with Crippen molar-refractivity contribution in [2.45, 2.75) is 6.92 Å². The topological polar surface area (TPSA) is 89.3 Å². The average Bonchev–Trinajstić information content (AvgIpc) is 2.17. The van der Waals surface area contributed by atoms with E-state index in [0.717, 1.165) is 11.3 Å². The summed E-state index contributed by atoms with van der Waals surface area (Å²) in [6.07, 6.45) is 0. The highest BCUT2D eigenvalue weighted by Gasteiger charge is 2.15. The molecule has 1 aromatic rings. The van der Waals surface area contributed by atoms with Crippen molar-refractivity contribution in [1.29, 1.82) is 0 Å². The maximum atomic E-state index is 10.6. The first kappa shape index (κ1) is 7.87. The van der Waals surface area contributed by atoms with Gasteiger partial charge in [0.25, 0.3) is 5.91 Å². The minimum Gasteiger partial charge on any atom is -0.504 e. The zero-order chi connectivity index (χ0) is 8.59. The Balaban J connectivity index is 3.29. The lowest BCUT2D eigenvalue weighted by Crippen LogP contribution is -2.08. The number of anilines is 1. The number of carbonyl (C=O) groups excluding carboxylic acids is 1. The summed E-state index contributed by atoms with van der Waals surface area (Å²) < 4.78 is 0. The van der Waals surface area contributed by atoms with E-state index in [0.29, 0.717) is 4.88 Å². The van der Waals surface area contributed by atoms with Crippen LogP contribution in [0.1, 0.15) is 14.5 Å². The van der Waals surface area contributed by atoms with Crippen molar-refractivity contribution in [3.8, 4) is 5.75 Å².